The molecule has 3 amide bonds. The molecule has 0 spiro atoms. The van der Waals surface area contributed by atoms with Crippen LogP contribution >= 0.6 is 22.7 Å². The van der Waals surface area contributed by atoms with Crippen molar-refractivity contribution in [3.05, 3.63) is 128 Å². The van der Waals surface area contributed by atoms with Crippen LogP contribution in [0, 0.1) is 33.1 Å². The lowest BCUT2D eigenvalue weighted by atomic mass is 9.85. The molecule has 1 fully saturated rings. The van der Waals surface area contributed by atoms with E-state index >= 15 is 0 Å². The van der Waals surface area contributed by atoms with Gasteiger partial charge in [0.1, 0.15) is 34.7 Å². The average Bonchev–Trinajstić information content (AvgIpc) is 4.11. The van der Waals surface area contributed by atoms with Crippen molar-refractivity contribution in [3.63, 3.8) is 0 Å². The molecule has 3 aromatic carbocycles. The van der Waals surface area contributed by atoms with Gasteiger partial charge in [0.15, 0.2) is 12.4 Å². The van der Waals surface area contributed by atoms with Crippen LogP contribution in [0.3, 0.4) is 0 Å². The number of hydrogen-bond donors (Lipinski definition) is 4. The SMILES string of the molecule is Cc1ncsc1-c1ccc(C(C)NC(=O)[C@@H]2C[C@@H](O)CN2C(=O)C(NC(=O)COc2ccc3c(c2)CN(c2ccc(C4=N[C@@H](CC(=O)O)c5nnc(C)n5-c5sc(C)c(C)c54)cc2)CC3)C(C)(C)C)cc1. The highest BCUT2D eigenvalue weighted by Gasteiger charge is 2.45. The first-order valence-corrected chi connectivity index (χ1v) is 25.5. The van der Waals surface area contributed by atoms with Crippen LogP contribution in [0.1, 0.15) is 108 Å². The summed E-state index contributed by atoms with van der Waals surface area (Å²) in [6.07, 6.45) is -0.231. The van der Waals surface area contributed by atoms with Crippen molar-refractivity contribution < 1.29 is 34.1 Å². The van der Waals surface area contributed by atoms with E-state index < -0.39 is 47.4 Å². The van der Waals surface area contributed by atoms with Gasteiger partial charge >= 0.3 is 5.97 Å². The molecule has 0 radical (unpaired) electrons. The topological polar surface area (TPSA) is 204 Å². The van der Waals surface area contributed by atoms with Crippen LogP contribution < -0.4 is 20.3 Å². The van der Waals surface area contributed by atoms with E-state index in [1.165, 1.54) is 10.5 Å². The van der Waals surface area contributed by atoms with E-state index in [9.17, 15) is 29.4 Å². The molecule has 4 N–H and O–H groups in total. The van der Waals surface area contributed by atoms with Crippen molar-refractivity contribution >= 4 is 57.8 Å². The summed E-state index contributed by atoms with van der Waals surface area (Å²) in [5, 5.41) is 36.2. The maximum atomic E-state index is 14.3. The predicted octanol–water partition coefficient (Wildman–Crippen LogP) is 7.36. The van der Waals surface area contributed by atoms with Gasteiger partial charge in [0.05, 0.1) is 40.4 Å². The predicted molar refractivity (Wildman–Crippen MR) is 274 cm³/mol. The lowest BCUT2D eigenvalue weighted by molar-refractivity contribution is -0.144. The fourth-order valence-electron chi connectivity index (χ4n) is 9.73. The third-order valence-corrected chi connectivity index (χ3v) is 15.9. The van der Waals surface area contributed by atoms with Gasteiger partial charge in [0.2, 0.25) is 11.8 Å². The number of aromatic nitrogens is 4. The molecule has 0 bridgehead atoms. The van der Waals surface area contributed by atoms with Gasteiger partial charge in [-0.1, -0.05) is 63.2 Å². The highest BCUT2D eigenvalue weighted by molar-refractivity contribution is 7.15. The maximum absolute atomic E-state index is 14.3. The van der Waals surface area contributed by atoms with Gasteiger partial charge in [-0.3, -0.25) is 28.7 Å². The molecule has 16 nitrogen and oxygen atoms in total. The number of carbonyl (C=O) groups excluding carboxylic acids is 3. The van der Waals surface area contributed by atoms with Crippen molar-refractivity contribution in [2.75, 3.05) is 24.6 Å². The summed E-state index contributed by atoms with van der Waals surface area (Å²) >= 11 is 3.20. The number of β-amino-alcohol motifs (C(OH)–C–C–N with tert-alkyl or cyclic N) is 1. The van der Waals surface area contributed by atoms with Crippen LogP contribution in [-0.4, -0.2) is 102 Å². The first kappa shape index (κ1) is 49.2. The van der Waals surface area contributed by atoms with Crippen LogP contribution in [0.5, 0.6) is 5.75 Å². The van der Waals surface area contributed by atoms with Crippen LogP contribution in [-0.2, 0) is 32.1 Å². The first-order chi connectivity index (χ1) is 33.8. The normalized spacial score (nSPS) is 18.4. The summed E-state index contributed by atoms with van der Waals surface area (Å²) < 4.78 is 8.01. The number of aliphatic imine (C=N–C) groups is 1. The second kappa shape index (κ2) is 19.8. The van der Waals surface area contributed by atoms with Gasteiger partial charge in [0.25, 0.3) is 5.91 Å². The summed E-state index contributed by atoms with van der Waals surface area (Å²) in [6.45, 7) is 16.4. The Morgan fingerprint density at radius 3 is 2.35 bits per heavy atom. The standard InChI is InChI=1S/C53H59N9O7S2/c1-28-31(4)71-52-45(28)46(56-41(23-44(65)66)49-59-58-32(5)62(49)52)35-13-16-38(17-14-35)60-20-19-34-15-18-40(21-37(34)24-60)69-26-43(64)57-48(53(6,7)8)51(68)61-25-39(63)22-42(61)50(67)55-29(2)33-9-11-36(12-10-33)47-30(3)54-27-70-47/h9-18,21,27,29,39,41-42,48,63H,19-20,22-26H2,1-8H3,(H,55,67)(H,57,64)(H,65,66)/t29?,39-,41+,42+,48?/m1/s1. The lowest BCUT2D eigenvalue weighted by Gasteiger charge is -2.35. The van der Waals surface area contributed by atoms with Crippen LogP contribution in [0.4, 0.5) is 5.69 Å². The van der Waals surface area contributed by atoms with Gasteiger partial charge in [-0.25, -0.2) is 4.98 Å². The number of anilines is 1. The Balaban J connectivity index is 0.837. The number of amides is 3. The number of carboxylic acid groups (broad SMARTS) is 1. The molecule has 6 heterocycles. The Morgan fingerprint density at radius 2 is 1.66 bits per heavy atom. The van der Waals surface area contributed by atoms with Crippen molar-refractivity contribution in [1.82, 2.24) is 35.3 Å². The number of hydrogen-bond acceptors (Lipinski definition) is 13. The molecular weight excluding hydrogens is 939 g/mol. The van der Waals surface area contributed by atoms with Gasteiger partial charge in [0, 0.05) is 47.7 Å². The first-order valence-electron chi connectivity index (χ1n) is 23.9. The number of aliphatic hydroxyl groups excluding tert-OH is 1. The Bertz CT molecular complexity index is 3040. The molecule has 5 atom stereocenters. The third-order valence-electron chi connectivity index (χ3n) is 13.7. The van der Waals surface area contributed by atoms with Crippen molar-refractivity contribution in [2.45, 2.75) is 111 Å². The number of thiophene rings is 1. The second-order valence-corrected chi connectivity index (χ2v) is 21.9. The Hall–Kier alpha value is -6.76. The molecule has 71 heavy (non-hydrogen) atoms. The fourth-order valence-corrected chi connectivity index (χ4v) is 11.8. The number of aliphatic carboxylic acids is 1. The minimum absolute atomic E-state index is 0.0334. The quantitative estimate of drug-likeness (QED) is 0.0900. The van der Waals surface area contributed by atoms with E-state index in [2.05, 4.69) is 56.7 Å². The number of carboxylic acids is 1. The minimum Gasteiger partial charge on any atom is -0.484 e. The van der Waals surface area contributed by atoms with Crippen molar-refractivity contribution in [1.29, 1.82) is 0 Å². The zero-order valence-electron chi connectivity index (χ0n) is 41.1. The number of aryl methyl sites for hydroxylation is 3. The van der Waals surface area contributed by atoms with Crippen LogP contribution in [0.15, 0.2) is 77.2 Å². The summed E-state index contributed by atoms with van der Waals surface area (Å²) in [7, 11) is 0. The van der Waals surface area contributed by atoms with E-state index in [0.29, 0.717) is 23.9 Å². The molecule has 3 aliphatic rings. The highest BCUT2D eigenvalue weighted by Crippen LogP contribution is 2.40. The van der Waals surface area contributed by atoms with Gasteiger partial charge < -0.3 is 35.4 Å². The van der Waals surface area contributed by atoms with Crippen molar-refractivity contribution in [3.8, 4) is 21.2 Å². The monoisotopic (exact) mass is 997 g/mol. The maximum Gasteiger partial charge on any atom is 0.306 e. The molecule has 0 aliphatic carbocycles. The van der Waals surface area contributed by atoms with E-state index in [-0.39, 0.29) is 37.9 Å². The largest absolute Gasteiger partial charge is 0.484 e. The Kier molecular flexibility index (Phi) is 13.7. The van der Waals surface area contributed by atoms with E-state index in [1.807, 2.05) is 106 Å². The van der Waals surface area contributed by atoms with Crippen LogP contribution in [0.2, 0.25) is 0 Å². The third kappa shape index (κ3) is 10.1. The zero-order chi connectivity index (χ0) is 50.5. The molecule has 3 aliphatic heterocycles. The van der Waals surface area contributed by atoms with Gasteiger partial charge in [-0.15, -0.1) is 32.9 Å². The number of nitrogens with zero attached hydrogens (tertiary/aromatic N) is 7. The molecule has 6 aromatic rings. The summed E-state index contributed by atoms with van der Waals surface area (Å²) in [5.41, 5.74) is 10.9. The summed E-state index contributed by atoms with van der Waals surface area (Å²) in [6, 6.07) is 19.0. The lowest BCUT2D eigenvalue weighted by Crippen LogP contribution is -2.58. The molecule has 0 saturated carbocycles. The van der Waals surface area contributed by atoms with Crippen molar-refractivity contribution in [2.24, 2.45) is 10.4 Å². The molecule has 9 rings (SSSR count). The number of thiazole rings is 1. The molecule has 1 saturated heterocycles. The number of carbonyl (C=O) groups is 4. The summed E-state index contributed by atoms with van der Waals surface area (Å²) in [5.74, 6) is -0.578. The number of rotatable bonds is 13. The number of ether oxygens (including phenoxy) is 1. The van der Waals surface area contributed by atoms with E-state index in [1.54, 1.807) is 22.7 Å². The molecule has 18 heteroatoms. The van der Waals surface area contributed by atoms with E-state index in [4.69, 9.17) is 9.73 Å². The minimum atomic E-state index is -1.01. The molecule has 3 aromatic heterocycles. The van der Waals surface area contributed by atoms with Crippen LogP contribution in [0.25, 0.3) is 15.4 Å². The number of fused-ring (bicyclic) bond motifs is 4. The van der Waals surface area contributed by atoms with E-state index in [0.717, 1.165) is 78.2 Å². The highest BCUT2D eigenvalue weighted by atomic mass is 32.1. The Labute approximate surface area is 420 Å². The number of likely N-dealkylation sites (tertiary alicyclic amines) is 1. The number of nitrogens with one attached hydrogen (secondary N) is 2. The Morgan fingerprint density at radius 1 is 0.930 bits per heavy atom. The number of benzene rings is 3. The second-order valence-electron chi connectivity index (χ2n) is 19.8. The zero-order valence-corrected chi connectivity index (χ0v) is 42.8. The van der Waals surface area contributed by atoms with Gasteiger partial charge in [-0.2, -0.15) is 0 Å². The van der Waals surface area contributed by atoms with Gasteiger partial charge in [-0.05, 0) is 98.5 Å². The number of aliphatic hydroxyl groups is 1. The summed E-state index contributed by atoms with van der Waals surface area (Å²) in [4.78, 5) is 69.1. The smallest absolute Gasteiger partial charge is 0.306 e. The average molecular weight is 998 g/mol. The fraction of sp³-hybridized carbons (Fsp3) is 0.396. The molecule has 370 valence electrons. The molecule has 2 unspecified atom stereocenters. The molecular formula is C53H59N9O7S2.